The first-order valence-electron chi connectivity index (χ1n) is 11.0. The molecule has 7 nitrogen and oxygen atoms in total. The van der Waals surface area contributed by atoms with Crippen LogP contribution in [0.2, 0.25) is 5.02 Å². The van der Waals surface area contributed by atoms with Crippen molar-refractivity contribution in [2.75, 3.05) is 13.7 Å². The Kier molecular flexibility index (Phi) is 9.30. The number of nitrogens with zero attached hydrogens (tertiary/aromatic N) is 2. The van der Waals surface area contributed by atoms with Gasteiger partial charge in [-0.1, -0.05) is 57.4 Å². The molecule has 0 unspecified atom stereocenters. The van der Waals surface area contributed by atoms with Crippen LogP contribution < -0.4 is 10.2 Å². The van der Waals surface area contributed by atoms with E-state index < -0.39 is 22.5 Å². The molecular weight excluding hydrogens is 566 g/mol. The second-order valence-electron chi connectivity index (χ2n) is 8.31. The molecule has 3 rings (SSSR count). The molecule has 0 saturated carbocycles. The SMILES string of the molecule is COc1ccc(Br)cc1/C=N/NC(=O)CN(Cc1ccc(Cl)cc1)S(=O)(=O)c1c(C)cc(C)cc1C. The second-order valence-corrected chi connectivity index (χ2v) is 11.5. The number of methoxy groups -OCH3 is 1. The summed E-state index contributed by atoms with van der Waals surface area (Å²) in [5.41, 5.74) is 5.96. The molecule has 0 radical (unpaired) electrons. The highest BCUT2D eigenvalue weighted by Crippen LogP contribution is 2.27. The number of hydrogen-bond acceptors (Lipinski definition) is 5. The van der Waals surface area contributed by atoms with E-state index in [2.05, 4.69) is 26.5 Å². The lowest BCUT2D eigenvalue weighted by atomic mass is 10.1. The monoisotopic (exact) mass is 591 g/mol. The van der Waals surface area contributed by atoms with Gasteiger partial charge in [0.25, 0.3) is 5.91 Å². The third-order valence-electron chi connectivity index (χ3n) is 5.38. The molecule has 0 saturated heterocycles. The molecule has 1 N–H and O–H groups in total. The van der Waals surface area contributed by atoms with E-state index in [1.165, 1.54) is 13.3 Å². The van der Waals surface area contributed by atoms with Crippen LogP contribution >= 0.6 is 27.5 Å². The minimum Gasteiger partial charge on any atom is -0.496 e. The average Bonchev–Trinajstić information content (AvgIpc) is 2.79. The number of hydrogen-bond donors (Lipinski definition) is 1. The van der Waals surface area contributed by atoms with Gasteiger partial charge in [0.1, 0.15) is 5.75 Å². The van der Waals surface area contributed by atoms with Gasteiger partial charge in [-0.2, -0.15) is 9.41 Å². The smallest absolute Gasteiger partial charge is 0.255 e. The molecule has 36 heavy (non-hydrogen) atoms. The number of rotatable bonds is 9. The molecule has 0 bridgehead atoms. The lowest BCUT2D eigenvalue weighted by molar-refractivity contribution is -0.121. The predicted molar refractivity (Wildman–Crippen MR) is 146 cm³/mol. The molecule has 0 spiro atoms. The molecule has 10 heteroatoms. The van der Waals surface area contributed by atoms with E-state index in [1.54, 1.807) is 50.2 Å². The first kappa shape index (κ1) is 27.9. The molecule has 0 fully saturated rings. The fraction of sp³-hybridized carbons (Fsp3) is 0.231. The van der Waals surface area contributed by atoms with Crippen LogP contribution in [0, 0.1) is 20.8 Å². The van der Waals surface area contributed by atoms with Crippen molar-refractivity contribution in [2.45, 2.75) is 32.2 Å². The number of aryl methyl sites for hydroxylation is 3. The van der Waals surface area contributed by atoms with Crippen molar-refractivity contribution in [2.24, 2.45) is 5.10 Å². The maximum absolute atomic E-state index is 13.8. The highest BCUT2D eigenvalue weighted by atomic mass is 79.9. The largest absolute Gasteiger partial charge is 0.496 e. The summed E-state index contributed by atoms with van der Waals surface area (Å²) < 4.78 is 34.8. The van der Waals surface area contributed by atoms with E-state index in [-0.39, 0.29) is 11.4 Å². The predicted octanol–water partition coefficient (Wildman–Crippen LogP) is 5.38. The number of halogens is 2. The van der Waals surface area contributed by atoms with Crippen molar-refractivity contribution >= 4 is 49.7 Å². The van der Waals surface area contributed by atoms with Gasteiger partial charge in [-0.3, -0.25) is 4.79 Å². The number of ether oxygens (including phenoxy) is 1. The normalized spacial score (nSPS) is 11.8. The maximum Gasteiger partial charge on any atom is 0.255 e. The third kappa shape index (κ3) is 6.94. The van der Waals surface area contributed by atoms with E-state index in [4.69, 9.17) is 16.3 Å². The highest BCUT2D eigenvalue weighted by Gasteiger charge is 2.30. The minimum atomic E-state index is -4.01. The van der Waals surface area contributed by atoms with E-state index in [9.17, 15) is 13.2 Å². The fourth-order valence-electron chi connectivity index (χ4n) is 3.90. The summed E-state index contributed by atoms with van der Waals surface area (Å²) in [6.45, 7) is 4.98. The van der Waals surface area contributed by atoms with Crippen LogP contribution in [0.1, 0.15) is 27.8 Å². The van der Waals surface area contributed by atoms with Gasteiger partial charge in [0.15, 0.2) is 0 Å². The van der Waals surface area contributed by atoms with Gasteiger partial charge >= 0.3 is 0 Å². The van der Waals surface area contributed by atoms with Crippen LogP contribution in [0.4, 0.5) is 0 Å². The van der Waals surface area contributed by atoms with Crippen molar-refractivity contribution in [3.8, 4) is 5.75 Å². The van der Waals surface area contributed by atoms with Crippen molar-refractivity contribution < 1.29 is 17.9 Å². The summed E-state index contributed by atoms with van der Waals surface area (Å²) in [4.78, 5) is 13.0. The van der Waals surface area contributed by atoms with Crippen molar-refractivity contribution in [3.63, 3.8) is 0 Å². The standard InChI is InChI=1S/C26H27BrClN3O4S/c1-17-11-18(2)26(19(3)12-17)36(33,34)31(15-20-5-8-23(28)9-6-20)16-25(32)30-29-14-21-13-22(27)7-10-24(21)35-4/h5-14H,15-16H2,1-4H3,(H,30,32)/b29-14+. The molecule has 3 aromatic carbocycles. The van der Waals surface area contributed by atoms with Gasteiger partial charge in [-0.05, 0) is 67.8 Å². The quantitative estimate of drug-likeness (QED) is 0.267. The Hall–Kier alpha value is -2.72. The van der Waals surface area contributed by atoms with Crippen LogP contribution in [-0.4, -0.2) is 38.5 Å². The molecule has 1 amide bonds. The van der Waals surface area contributed by atoms with Crippen LogP contribution in [0.15, 0.2) is 69.1 Å². The lowest BCUT2D eigenvalue weighted by Gasteiger charge is -2.24. The number of nitrogens with one attached hydrogen (secondary N) is 1. The molecule has 0 aromatic heterocycles. The third-order valence-corrected chi connectivity index (χ3v) is 8.22. The number of sulfonamides is 1. The molecule has 0 heterocycles. The minimum absolute atomic E-state index is 0.0111. The first-order valence-corrected chi connectivity index (χ1v) is 13.6. The van der Waals surface area contributed by atoms with Crippen LogP contribution in [0.25, 0.3) is 0 Å². The van der Waals surface area contributed by atoms with Crippen LogP contribution in [-0.2, 0) is 21.4 Å². The molecule has 0 aliphatic rings. The van der Waals surface area contributed by atoms with Gasteiger partial charge in [-0.15, -0.1) is 0 Å². The van der Waals surface area contributed by atoms with Crippen molar-refractivity contribution in [1.82, 2.24) is 9.73 Å². The Balaban J connectivity index is 1.88. The number of benzene rings is 3. The Morgan fingerprint density at radius 2 is 1.72 bits per heavy atom. The number of carbonyl (C=O) groups is 1. The molecule has 190 valence electrons. The average molecular weight is 593 g/mol. The molecule has 0 aliphatic carbocycles. The molecule has 0 atom stereocenters. The lowest BCUT2D eigenvalue weighted by Crippen LogP contribution is -2.39. The summed E-state index contributed by atoms with van der Waals surface area (Å²) in [6, 6.07) is 15.8. The molecule has 3 aromatic rings. The Morgan fingerprint density at radius 3 is 2.33 bits per heavy atom. The number of carbonyl (C=O) groups excluding carboxylic acids is 1. The zero-order valence-corrected chi connectivity index (χ0v) is 23.5. The van der Waals surface area contributed by atoms with E-state index >= 15 is 0 Å². The topological polar surface area (TPSA) is 88.1 Å². The Bertz CT molecular complexity index is 1370. The summed E-state index contributed by atoms with van der Waals surface area (Å²) in [5, 5.41) is 4.54. The van der Waals surface area contributed by atoms with Crippen LogP contribution in [0.3, 0.4) is 0 Å². The Morgan fingerprint density at radius 1 is 1.08 bits per heavy atom. The van der Waals surface area contributed by atoms with Crippen LogP contribution in [0.5, 0.6) is 5.75 Å². The van der Waals surface area contributed by atoms with Crippen molar-refractivity contribution in [1.29, 1.82) is 0 Å². The molecule has 0 aliphatic heterocycles. The van der Waals surface area contributed by atoms with Gasteiger partial charge in [0.2, 0.25) is 10.0 Å². The summed E-state index contributed by atoms with van der Waals surface area (Å²) in [5.74, 6) is -0.00590. The number of amides is 1. The first-order chi connectivity index (χ1) is 17.0. The van der Waals surface area contributed by atoms with Gasteiger partial charge in [0, 0.05) is 21.6 Å². The summed E-state index contributed by atoms with van der Waals surface area (Å²) in [7, 11) is -2.48. The number of hydrazone groups is 1. The maximum atomic E-state index is 13.8. The van der Waals surface area contributed by atoms with Crippen molar-refractivity contribution in [3.05, 3.63) is 91.9 Å². The molecular formula is C26H27BrClN3O4S. The van der Waals surface area contributed by atoms with E-state index in [0.717, 1.165) is 14.3 Å². The second kappa shape index (κ2) is 12.0. The Labute approximate surface area is 225 Å². The zero-order valence-electron chi connectivity index (χ0n) is 20.4. The fourth-order valence-corrected chi connectivity index (χ4v) is 6.20. The van der Waals surface area contributed by atoms with Gasteiger partial charge in [-0.25, -0.2) is 13.8 Å². The van der Waals surface area contributed by atoms with Gasteiger partial charge in [0.05, 0.1) is 24.8 Å². The van der Waals surface area contributed by atoms with E-state index in [1.807, 2.05) is 25.1 Å². The van der Waals surface area contributed by atoms with E-state index in [0.29, 0.717) is 33.0 Å². The highest BCUT2D eigenvalue weighted by molar-refractivity contribution is 9.10. The zero-order chi connectivity index (χ0) is 26.5. The van der Waals surface area contributed by atoms with Gasteiger partial charge < -0.3 is 4.74 Å². The summed E-state index contributed by atoms with van der Waals surface area (Å²) in [6.07, 6.45) is 1.44. The summed E-state index contributed by atoms with van der Waals surface area (Å²) >= 11 is 9.38.